The number of aromatic nitrogens is 2. The molecule has 0 unspecified atom stereocenters. The molecule has 0 spiro atoms. The third-order valence-electron chi connectivity index (χ3n) is 4.15. The molecule has 0 aliphatic rings. The molecule has 0 atom stereocenters. The van der Waals surface area contributed by atoms with Gasteiger partial charge in [0, 0.05) is 24.2 Å². The van der Waals surface area contributed by atoms with E-state index in [9.17, 15) is 5.11 Å². The van der Waals surface area contributed by atoms with Gasteiger partial charge in [0.15, 0.2) is 0 Å². The topological polar surface area (TPSA) is 46.0 Å². The molecule has 0 radical (unpaired) electrons. The van der Waals surface area contributed by atoms with E-state index in [1.165, 1.54) is 0 Å². The Labute approximate surface area is 201 Å². The Bertz CT molecular complexity index is 988. The minimum atomic E-state index is 0. The number of nitrogens with zero attached hydrogens (tertiary/aromatic N) is 2. The van der Waals surface area contributed by atoms with E-state index in [0.29, 0.717) is 0 Å². The second-order valence-corrected chi connectivity index (χ2v) is 5.77. The number of benzene rings is 2. The van der Waals surface area contributed by atoms with Crippen LogP contribution in [0.25, 0.3) is 33.5 Å². The summed E-state index contributed by atoms with van der Waals surface area (Å²) in [4.78, 5) is 8.49. The summed E-state index contributed by atoms with van der Waals surface area (Å²) in [5.74, 6) is 0.231. The Balaban J connectivity index is 0.00000196. The summed E-state index contributed by atoms with van der Waals surface area (Å²) < 4.78 is 0. The molecular formula is C22H17N2ORb. The van der Waals surface area contributed by atoms with E-state index in [-0.39, 0.29) is 63.9 Å². The van der Waals surface area contributed by atoms with Crippen LogP contribution in [0.4, 0.5) is 0 Å². The van der Waals surface area contributed by atoms with Gasteiger partial charge in [-0.25, -0.2) is 0 Å². The van der Waals surface area contributed by atoms with Gasteiger partial charge in [-0.15, -0.1) is 0 Å². The summed E-state index contributed by atoms with van der Waals surface area (Å²) in [5, 5.41) is 10.2. The standard InChI is InChI=1S/C22H16N2O.Rb.H/c25-22-11-10-18(14-20(22)21-5-1-2-13-24-21)16-6-8-17(9-7-16)19-4-3-12-23-15-19;;/h1-15,25H;;. The molecule has 2 heterocycles. The molecule has 0 saturated carbocycles. The normalized spacial score (nSPS) is 10.2. The third kappa shape index (κ3) is 4.18. The van der Waals surface area contributed by atoms with E-state index >= 15 is 0 Å². The van der Waals surface area contributed by atoms with Crippen LogP contribution in [0.15, 0.2) is 91.4 Å². The van der Waals surface area contributed by atoms with Crippen LogP contribution in [-0.4, -0.2) is 73.3 Å². The quantitative estimate of drug-likeness (QED) is 0.539. The van der Waals surface area contributed by atoms with E-state index < -0.39 is 0 Å². The first-order chi connectivity index (χ1) is 12.3. The van der Waals surface area contributed by atoms with Gasteiger partial charge in [-0.2, -0.15) is 0 Å². The molecule has 26 heavy (non-hydrogen) atoms. The molecular weight excluding hydrogens is 394 g/mol. The molecule has 122 valence electrons. The van der Waals surface area contributed by atoms with Gasteiger partial charge in [0.1, 0.15) is 5.75 Å². The summed E-state index contributed by atoms with van der Waals surface area (Å²) >= 11 is 0. The average molecular weight is 411 g/mol. The number of aromatic hydroxyl groups is 1. The molecule has 0 aliphatic heterocycles. The maximum atomic E-state index is 10.2. The first-order valence-corrected chi connectivity index (χ1v) is 8.06. The summed E-state index contributed by atoms with van der Waals surface area (Å²) in [6, 6.07) is 23.6. The van der Waals surface area contributed by atoms with Crippen molar-refractivity contribution in [3.63, 3.8) is 0 Å². The molecule has 4 rings (SSSR count). The van der Waals surface area contributed by atoms with Gasteiger partial charge in [0.05, 0.1) is 5.69 Å². The van der Waals surface area contributed by atoms with E-state index in [0.717, 1.165) is 33.5 Å². The predicted octanol–water partition coefficient (Wildman–Crippen LogP) is 4.53. The first-order valence-electron chi connectivity index (χ1n) is 8.06. The van der Waals surface area contributed by atoms with Crippen LogP contribution in [0.1, 0.15) is 0 Å². The number of hydrogen-bond donors (Lipinski definition) is 1. The van der Waals surface area contributed by atoms with Gasteiger partial charge in [-0.1, -0.05) is 42.5 Å². The number of rotatable bonds is 3. The van der Waals surface area contributed by atoms with E-state index in [4.69, 9.17) is 0 Å². The van der Waals surface area contributed by atoms with Gasteiger partial charge in [0.2, 0.25) is 0 Å². The van der Waals surface area contributed by atoms with Crippen molar-refractivity contribution < 1.29 is 5.11 Å². The van der Waals surface area contributed by atoms with Crippen molar-refractivity contribution >= 4 is 58.2 Å². The summed E-state index contributed by atoms with van der Waals surface area (Å²) in [6.45, 7) is 0. The van der Waals surface area contributed by atoms with Crippen molar-refractivity contribution in [2.75, 3.05) is 0 Å². The van der Waals surface area contributed by atoms with Gasteiger partial charge >= 0.3 is 58.2 Å². The molecule has 3 nitrogen and oxygen atoms in total. The van der Waals surface area contributed by atoms with Gasteiger partial charge in [-0.3, -0.25) is 9.97 Å². The van der Waals surface area contributed by atoms with E-state index in [2.05, 4.69) is 34.2 Å². The minimum absolute atomic E-state index is 0. The van der Waals surface area contributed by atoms with Crippen LogP contribution in [0.3, 0.4) is 0 Å². The SMILES string of the molecule is Oc1ccc(-c2ccc(-c3cccnc3)cc2)cc1-c1ccccn1.[RbH]. The van der Waals surface area contributed by atoms with Crippen molar-refractivity contribution in [3.8, 4) is 39.3 Å². The summed E-state index contributed by atoms with van der Waals surface area (Å²) in [5.41, 5.74) is 5.83. The second kappa shape index (κ2) is 8.82. The van der Waals surface area contributed by atoms with Crippen LogP contribution in [0, 0.1) is 0 Å². The second-order valence-electron chi connectivity index (χ2n) is 5.77. The fraction of sp³-hybridized carbons (Fsp3) is 0. The van der Waals surface area contributed by atoms with Gasteiger partial charge < -0.3 is 5.11 Å². The molecule has 4 aromatic rings. The number of hydrogen-bond acceptors (Lipinski definition) is 3. The molecule has 4 heteroatoms. The van der Waals surface area contributed by atoms with Crippen molar-refractivity contribution in [2.45, 2.75) is 0 Å². The maximum absolute atomic E-state index is 10.2. The van der Waals surface area contributed by atoms with Gasteiger partial charge in [0.25, 0.3) is 0 Å². The number of phenols is 1. The molecule has 0 aliphatic carbocycles. The van der Waals surface area contributed by atoms with E-state index in [1.807, 2.05) is 48.7 Å². The zero-order valence-electron chi connectivity index (χ0n) is 13.5. The molecule has 0 bridgehead atoms. The number of pyridine rings is 2. The van der Waals surface area contributed by atoms with Crippen LogP contribution in [-0.2, 0) is 0 Å². The van der Waals surface area contributed by atoms with Crippen molar-refractivity contribution in [1.29, 1.82) is 0 Å². The summed E-state index contributed by atoms with van der Waals surface area (Å²) in [7, 11) is 0. The number of phenolic OH excluding ortho intramolecular Hbond substituents is 1. The third-order valence-corrected chi connectivity index (χ3v) is 4.15. The Kier molecular flexibility index (Phi) is 6.49. The van der Waals surface area contributed by atoms with Crippen LogP contribution >= 0.6 is 0 Å². The Hall–Kier alpha value is -1.65. The molecule has 1 N–H and O–H groups in total. The zero-order chi connectivity index (χ0) is 17.1. The molecule has 0 amide bonds. The molecule has 0 saturated heterocycles. The fourth-order valence-electron chi connectivity index (χ4n) is 2.83. The van der Waals surface area contributed by atoms with Crippen LogP contribution in [0.5, 0.6) is 5.75 Å². The van der Waals surface area contributed by atoms with Gasteiger partial charge in [-0.05, 0) is 52.6 Å². The summed E-state index contributed by atoms with van der Waals surface area (Å²) in [6.07, 6.45) is 5.35. The molecule has 2 aromatic carbocycles. The fourth-order valence-corrected chi connectivity index (χ4v) is 2.83. The predicted molar refractivity (Wildman–Crippen MR) is 107 cm³/mol. The Morgan fingerprint density at radius 1 is 0.654 bits per heavy atom. The van der Waals surface area contributed by atoms with Crippen LogP contribution in [0.2, 0.25) is 0 Å². The van der Waals surface area contributed by atoms with Crippen molar-refractivity contribution in [3.05, 3.63) is 91.4 Å². The van der Waals surface area contributed by atoms with Crippen molar-refractivity contribution in [1.82, 2.24) is 9.97 Å². The zero-order valence-corrected chi connectivity index (χ0v) is 13.5. The first kappa shape index (κ1) is 19.1. The monoisotopic (exact) mass is 410 g/mol. The molecule has 2 aromatic heterocycles. The Morgan fingerprint density at radius 2 is 1.38 bits per heavy atom. The average Bonchev–Trinajstić information content (AvgIpc) is 2.70. The van der Waals surface area contributed by atoms with Crippen molar-refractivity contribution in [2.24, 2.45) is 0 Å². The van der Waals surface area contributed by atoms with E-state index in [1.54, 1.807) is 18.5 Å². The molecule has 0 fully saturated rings. The van der Waals surface area contributed by atoms with Crippen LogP contribution < -0.4 is 0 Å². The Morgan fingerprint density at radius 3 is 2.04 bits per heavy atom.